The van der Waals surface area contributed by atoms with Crippen LogP contribution in [0.4, 0.5) is 11.4 Å². The van der Waals surface area contributed by atoms with Crippen LogP contribution in [0.1, 0.15) is 19.3 Å². The molecule has 9 nitrogen and oxygen atoms in total. The molecule has 3 aliphatic heterocycles. The Morgan fingerprint density at radius 3 is 2.69 bits per heavy atom. The lowest BCUT2D eigenvalue weighted by Gasteiger charge is -2.45. The van der Waals surface area contributed by atoms with Gasteiger partial charge in [-0.3, -0.25) is 9.69 Å². The summed E-state index contributed by atoms with van der Waals surface area (Å²) in [5, 5.41) is 7.81. The molecule has 1 N–H and O–H groups in total. The fourth-order valence-electron chi connectivity index (χ4n) is 5.50. The third-order valence-electron chi connectivity index (χ3n) is 7.43. The number of fused-ring (bicyclic) bond motifs is 3. The van der Waals surface area contributed by atoms with Crippen molar-refractivity contribution in [2.75, 3.05) is 56.2 Å². The molecular formula is C26H32N4O5S. The lowest BCUT2D eigenvalue weighted by Crippen LogP contribution is -2.54. The molecule has 36 heavy (non-hydrogen) atoms. The lowest BCUT2D eigenvalue weighted by molar-refractivity contribution is -0.122. The number of piperazine rings is 1. The van der Waals surface area contributed by atoms with Crippen molar-refractivity contribution in [1.29, 1.82) is 0 Å². The minimum absolute atomic E-state index is 0.246. The van der Waals surface area contributed by atoms with E-state index in [0.717, 1.165) is 42.9 Å². The number of nitrogens with zero attached hydrogens (tertiary/aromatic N) is 4. The summed E-state index contributed by atoms with van der Waals surface area (Å²) in [6.07, 6.45) is 5.52. The van der Waals surface area contributed by atoms with Crippen LogP contribution in [-0.4, -0.2) is 81.3 Å². The minimum Gasteiger partial charge on any atom is -0.490 e. The maximum atomic E-state index is 13.6. The van der Waals surface area contributed by atoms with Gasteiger partial charge in [0, 0.05) is 56.1 Å². The zero-order valence-corrected chi connectivity index (χ0v) is 21.2. The predicted molar refractivity (Wildman–Crippen MR) is 140 cm³/mol. The second kappa shape index (κ2) is 10.0. The van der Waals surface area contributed by atoms with Gasteiger partial charge in [-0.25, -0.2) is 12.4 Å². The highest BCUT2D eigenvalue weighted by molar-refractivity contribution is 7.90. The number of benzene rings is 2. The quantitative estimate of drug-likeness (QED) is 0.535. The van der Waals surface area contributed by atoms with Gasteiger partial charge in [-0.2, -0.15) is 0 Å². The molecule has 4 heterocycles. The van der Waals surface area contributed by atoms with Crippen molar-refractivity contribution in [1.82, 2.24) is 8.87 Å². The number of ether oxygens (including phenoxy) is 1. The van der Waals surface area contributed by atoms with E-state index in [1.165, 1.54) is 29.8 Å². The van der Waals surface area contributed by atoms with Gasteiger partial charge in [0.05, 0.1) is 22.6 Å². The summed E-state index contributed by atoms with van der Waals surface area (Å²) in [6.45, 7) is 5.36. The van der Waals surface area contributed by atoms with E-state index in [2.05, 4.69) is 20.8 Å². The molecule has 0 radical (unpaired) electrons. The topological polar surface area (TPSA) is 95.3 Å². The number of carboxylic acid groups (broad SMARTS) is 1. The van der Waals surface area contributed by atoms with Crippen LogP contribution in [-0.2, 0) is 14.8 Å². The Hall–Kier alpha value is -3.24. The summed E-state index contributed by atoms with van der Waals surface area (Å²) in [7, 11) is -1.76. The normalized spacial score (nSPS) is 20.1. The van der Waals surface area contributed by atoms with Gasteiger partial charge < -0.3 is 19.6 Å². The van der Waals surface area contributed by atoms with Crippen LogP contribution in [0.2, 0.25) is 0 Å². The number of piperidine rings is 1. The number of aromatic nitrogens is 1. The molecule has 2 saturated heterocycles. The van der Waals surface area contributed by atoms with Crippen molar-refractivity contribution in [3.05, 3.63) is 48.7 Å². The van der Waals surface area contributed by atoms with Crippen LogP contribution >= 0.6 is 0 Å². The van der Waals surface area contributed by atoms with Crippen molar-refractivity contribution in [2.24, 2.45) is 0 Å². The molecule has 0 bridgehead atoms. The number of hydrogen-bond donors (Lipinski definition) is 1. The van der Waals surface area contributed by atoms with Crippen molar-refractivity contribution in [2.45, 2.75) is 30.2 Å². The predicted octanol–water partition coefficient (Wildman–Crippen LogP) is 3.08. The molecule has 0 spiro atoms. The molecule has 3 aromatic rings. The summed E-state index contributed by atoms with van der Waals surface area (Å²) in [6, 6.07) is 13.8. The average Bonchev–Trinajstić information content (AvgIpc) is 3.33. The van der Waals surface area contributed by atoms with Gasteiger partial charge in [0.25, 0.3) is 16.5 Å². The van der Waals surface area contributed by atoms with Crippen molar-refractivity contribution in [3.63, 3.8) is 0 Å². The Kier molecular flexibility index (Phi) is 6.81. The molecule has 192 valence electrons. The van der Waals surface area contributed by atoms with Gasteiger partial charge in [0.1, 0.15) is 12.4 Å². The Morgan fingerprint density at radius 1 is 1.03 bits per heavy atom. The first kappa shape index (κ1) is 24.5. The fraction of sp³-hybridized carbons (Fsp3) is 0.423. The Labute approximate surface area is 211 Å². The number of carbonyl (C=O) groups is 1. The summed E-state index contributed by atoms with van der Waals surface area (Å²) < 4.78 is 34.4. The number of likely N-dealkylation sites (N-methyl/N-ethyl adjacent to an activating group) is 1. The molecule has 0 saturated carbocycles. The average molecular weight is 513 g/mol. The molecule has 2 fully saturated rings. The van der Waals surface area contributed by atoms with Crippen LogP contribution < -0.4 is 14.5 Å². The summed E-state index contributed by atoms with van der Waals surface area (Å²) in [4.78, 5) is 15.7. The van der Waals surface area contributed by atoms with E-state index in [0.29, 0.717) is 23.9 Å². The molecule has 10 heteroatoms. The van der Waals surface area contributed by atoms with Crippen LogP contribution in [0.15, 0.2) is 53.6 Å². The van der Waals surface area contributed by atoms with Gasteiger partial charge in [0.15, 0.2) is 0 Å². The number of anilines is 2. The SMILES string of the molecule is CN1CCOc2cc(S(=O)(=O)n3ccc4ccc(N5CCN6CCCCC6C5)cc43)ccc21.O=CO. The molecular weight excluding hydrogens is 480 g/mol. The second-order valence-electron chi connectivity index (χ2n) is 9.50. The molecule has 0 aliphatic carbocycles. The smallest absolute Gasteiger partial charge is 0.290 e. The largest absolute Gasteiger partial charge is 0.490 e. The molecule has 1 atom stereocenters. The van der Waals surface area contributed by atoms with Gasteiger partial charge in [0.2, 0.25) is 0 Å². The van der Waals surface area contributed by atoms with Crippen molar-refractivity contribution >= 4 is 38.8 Å². The zero-order valence-electron chi connectivity index (χ0n) is 20.4. The van der Waals surface area contributed by atoms with Gasteiger partial charge in [-0.1, -0.05) is 12.5 Å². The van der Waals surface area contributed by atoms with Crippen molar-refractivity contribution in [3.8, 4) is 5.75 Å². The second-order valence-corrected chi connectivity index (χ2v) is 11.3. The van der Waals surface area contributed by atoms with E-state index < -0.39 is 10.0 Å². The maximum absolute atomic E-state index is 13.6. The Morgan fingerprint density at radius 2 is 1.86 bits per heavy atom. The van der Waals surface area contributed by atoms with E-state index in [4.69, 9.17) is 14.6 Å². The van der Waals surface area contributed by atoms with Crippen molar-refractivity contribution < 1.29 is 23.1 Å². The van der Waals surface area contributed by atoms with E-state index in [-0.39, 0.29) is 11.4 Å². The van der Waals surface area contributed by atoms with Gasteiger partial charge >= 0.3 is 0 Å². The van der Waals surface area contributed by atoms with Crippen LogP contribution in [0, 0.1) is 0 Å². The molecule has 1 unspecified atom stereocenters. The molecule has 1 aromatic heterocycles. The highest BCUT2D eigenvalue weighted by Crippen LogP contribution is 2.35. The first-order valence-corrected chi connectivity index (χ1v) is 13.8. The summed E-state index contributed by atoms with van der Waals surface area (Å²) in [5.74, 6) is 0.618. The van der Waals surface area contributed by atoms with E-state index >= 15 is 0 Å². The molecule has 6 rings (SSSR count). The van der Waals surface area contributed by atoms with Crippen LogP contribution in [0.5, 0.6) is 5.75 Å². The monoisotopic (exact) mass is 512 g/mol. The summed E-state index contributed by atoms with van der Waals surface area (Å²) >= 11 is 0. The standard InChI is InChI=1S/C25H30N4O3S.CH2O2/c1-26-14-15-32-25-17-22(7-8-23(25)26)33(30,31)29-11-9-19-5-6-20(16-24(19)29)28-13-12-27-10-3-2-4-21(27)18-28;2-1-3/h5-9,11,16-17,21H,2-4,10,12-15,18H2,1H3;1H,(H,2,3). The first-order chi connectivity index (χ1) is 17.4. The first-order valence-electron chi connectivity index (χ1n) is 12.3. The Balaban J connectivity index is 0.000000848. The molecule has 0 amide bonds. The fourth-order valence-corrected chi connectivity index (χ4v) is 6.86. The van der Waals surface area contributed by atoms with Gasteiger partial charge in [-0.15, -0.1) is 0 Å². The van der Waals surface area contributed by atoms with Crippen LogP contribution in [0.25, 0.3) is 10.9 Å². The molecule has 3 aliphatic rings. The highest BCUT2D eigenvalue weighted by atomic mass is 32.2. The van der Waals surface area contributed by atoms with Gasteiger partial charge in [-0.05, 0) is 49.7 Å². The summed E-state index contributed by atoms with van der Waals surface area (Å²) in [5.41, 5.74) is 2.73. The number of rotatable bonds is 3. The van der Waals surface area contributed by atoms with E-state index in [1.807, 2.05) is 31.3 Å². The third-order valence-corrected chi connectivity index (χ3v) is 9.11. The Bertz CT molecular complexity index is 1360. The highest BCUT2D eigenvalue weighted by Gasteiger charge is 2.29. The number of hydrogen-bond acceptors (Lipinski definition) is 7. The van der Waals surface area contributed by atoms with E-state index in [9.17, 15) is 8.42 Å². The maximum Gasteiger partial charge on any atom is 0.290 e. The van der Waals surface area contributed by atoms with Crippen LogP contribution in [0.3, 0.4) is 0 Å². The molecule has 2 aromatic carbocycles. The van der Waals surface area contributed by atoms with E-state index in [1.54, 1.807) is 18.3 Å². The third kappa shape index (κ3) is 4.51. The zero-order chi connectivity index (χ0) is 25.3. The lowest BCUT2D eigenvalue weighted by atomic mass is 9.99. The minimum atomic E-state index is -3.75.